The molecule has 0 radical (unpaired) electrons. The number of halogens is 1. The summed E-state index contributed by atoms with van der Waals surface area (Å²) >= 11 is 7.12. The molecule has 1 heterocycles. The maximum Gasteiger partial charge on any atom is 0.196 e. The van der Waals surface area contributed by atoms with Crippen LogP contribution in [0.5, 0.6) is 0 Å². The predicted octanol–water partition coefficient (Wildman–Crippen LogP) is 4.46. The summed E-state index contributed by atoms with van der Waals surface area (Å²) < 4.78 is 0. The Morgan fingerprint density at radius 2 is 1.80 bits per heavy atom. The number of nitrogens with zero attached hydrogens (tertiary/aromatic N) is 2. The molecule has 0 bridgehead atoms. The Morgan fingerprint density at radius 1 is 1.25 bits per heavy atom. The van der Waals surface area contributed by atoms with E-state index in [1.807, 2.05) is 5.38 Å². The minimum atomic E-state index is -0.0955. The van der Waals surface area contributed by atoms with E-state index in [4.69, 9.17) is 11.6 Å². The van der Waals surface area contributed by atoms with Crippen LogP contribution in [-0.2, 0) is 0 Å². The summed E-state index contributed by atoms with van der Waals surface area (Å²) in [6.45, 7) is 10.9. The molecule has 0 N–H and O–H groups in total. The first kappa shape index (κ1) is 17.4. The van der Waals surface area contributed by atoms with Crippen molar-refractivity contribution in [3.05, 3.63) is 11.1 Å². The molecule has 0 saturated heterocycles. The molecule has 0 saturated carbocycles. The van der Waals surface area contributed by atoms with E-state index in [2.05, 4.69) is 37.6 Å². The first-order valence-corrected chi connectivity index (χ1v) is 8.65. The molecule has 0 spiro atoms. The molecular formula is C15H25ClN2OS. The van der Waals surface area contributed by atoms with Crippen molar-refractivity contribution < 1.29 is 4.79 Å². The number of hydrogen-bond donors (Lipinski definition) is 0. The highest BCUT2D eigenvalue weighted by atomic mass is 35.5. The van der Waals surface area contributed by atoms with Crippen molar-refractivity contribution in [3.8, 4) is 0 Å². The lowest BCUT2D eigenvalue weighted by molar-refractivity contribution is 0.101. The Labute approximate surface area is 131 Å². The third kappa shape index (κ3) is 5.80. The average Bonchev–Trinajstić information content (AvgIpc) is 2.86. The highest BCUT2D eigenvalue weighted by Gasteiger charge is 2.15. The molecule has 0 fully saturated rings. The molecule has 114 valence electrons. The number of thiazole rings is 1. The van der Waals surface area contributed by atoms with E-state index in [0.29, 0.717) is 17.5 Å². The molecule has 5 heteroatoms. The smallest absolute Gasteiger partial charge is 0.196 e. The van der Waals surface area contributed by atoms with Gasteiger partial charge in [-0.15, -0.1) is 22.9 Å². The number of hydrogen-bond acceptors (Lipinski definition) is 4. The maximum atomic E-state index is 11.6. The molecule has 20 heavy (non-hydrogen) atoms. The highest BCUT2D eigenvalue weighted by molar-refractivity contribution is 7.14. The minimum absolute atomic E-state index is 0.00115. The van der Waals surface area contributed by atoms with Crippen molar-refractivity contribution in [1.29, 1.82) is 0 Å². The fourth-order valence-electron chi connectivity index (χ4n) is 1.74. The molecular weight excluding hydrogens is 292 g/mol. The number of carbonyl (C=O) groups is 1. The second-order valence-electron chi connectivity index (χ2n) is 5.92. The summed E-state index contributed by atoms with van der Waals surface area (Å²) in [6.07, 6.45) is 2.27. The number of anilines is 1. The van der Waals surface area contributed by atoms with Gasteiger partial charge in [-0.3, -0.25) is 4.79 Å². The molecule has 0 atom stereocenters. The van der Waals surface area contributed by atoms with Gasteiger partial charge in [-0.05, 0) is 24.7 Å². The van der Waals surface area contributed by atoms with Crippen molar-refractivity contribution in [3.63, 3.8) is 0 Å². The van der Waals surface area contributed by atoms with Gasteiger partial charge in [-0.2, -0.15) is 0 Å². The summed E-state index contributed by atoms with van der Waals surface area (Å²) in [5.41, 5.74) is 0.499. The molecule has 0 aromatic carbocycles. The lowest BCUT2D eigenvalue weighted by atomic mass is 10.1. The SMILES string of the molecule is CC(C)CCN(CCC(C)C)c1nc(C(=O)CCl)cs1. The summed E-state index contributed by atoms with van der Waals surface area (Å²) in [7, 11) is 0. The lowest BCUT2D eigenvalue weighted by Gasteiger charge is -2.23. The Morgan fingerprint density at radius 3 is 2.25 bits per heavy atom. The molecule has 0 aliphatic rings. The number of rotatable bonds is 9. The zero-order valence-corrected chi connectivity index (χ0v) is 14.4. The standard InChI is InChI=1S/C15H25ClN2OS/c1-11(2)5-7-18(8-6-12(3)4)15-17-13(10-20-15)14(19)9-16/h10-12H,5-9H2,1-4H3. The fourth-order valence-corrected chi connectivity index (χ4v) is 2.76. The van der Waals surface area contributed by atoms with Crippen LogP contribution in [0, 0.1) is 11.8 Å². The zero-order valence-electron chi connectivity index (χ0n) is 12.9. The van der Waals surface area contributed by atoms with Gasteiger partial charge in [0.25, 0.3) is 0 Å². The van der Waals surface area contributed by atoms with Crippen LogP contribution in [0.15, 0.2) is 5.38 Å². The monoisotopic (exact) mass is 316 g/mol. The van der Waals surface area contributed by atoms with Gasteiger partial charge in [0, 0.05) is 18.5 Å². The Balaban J connectivity index is 2.74. The number of Topliss-reactive ketones (excluding diaryl/α,β-unsaturated/α-hetero) is 1. The van der Waals surface area contributed by atoms with Crippen molar-refractivity contribution >= 4 is 33.9 Å². The van der Waals surface area contributed by atoms with E-state index in [-0.39, 0.29) is 11.7 Å². The van der Waals surface area contributed by atoms with Crippen LogP contribution in [0.4, 0.5) is 5.13 Å². The van der Waals surface area contributed by atoms with Gasteiger partial charge in [-0.1, -0.05) is 27.7 Å². The van der Waals surface area contributed by atoms with Gasteiger partial charge in [0.15, 0.2) is 10.9 Å². The topological polar surface area (TPSA) is 33.2 Å². The van der Waals surface area contributed by atoms with Gasteiger partial charge in [-0.25, -0.2) is 4.98 Å². The van der Waals surface area contributed by atoms with E-state index >= 15 is 0 Å². The fraction of sp³-hybridized carbons (Fsp3) is 0.733. The van der Waals surface area contributed by atoms with Crippen LogP contribution < -0.4 is 4.90 Å². The van der Waals surface area contributed by atoms with Crippen molar-refractivity contribution in [2.45, 2.75) is 40.5 Å². The van der Waals surface area contributed by atoms with Crippen LogP contribution >= 0.6 is 22.9 Å². The summed E-state index contributed by atoms with van der Waals surface area (Å²) in [5.74, 6) is 1.24. The lowest BCUT2D eigenvalue weighted by Crippen LogP contribution is -2.27. The van der Waals surface area contributed by atoms with Gasteiger partial charge >= 0.3 is 0 Å². The van der Waals surface area contributed by atoms with E-state index in [1.54, 1.807) is 11.3 Å². The van der Waals surface area contributed by atoms with E-state index in [9.17, 15) is 4.79 Å². The van der Waals surface area contributed by atoms with Gasteiger partial charge in [0.05, 0.1) is 5.88 Å². The molecule has 0 amide bonds. The molecule has 1 aromatic heterocycles. The Hall–Kier alpha value is -0.610. The largest absolute Gasteiger partial charge is 0.348 e. The number of alkyl halides is 1. The van der Waals surface area contributed by atoms with Gasteiger partial charge in [0.1, 0.15) is 5.69 Å². The Bertz CT molecular complexity index is 406. The third-order valence-electron chi connectivity index (χ3n) is 3.12. The van der Waals surface area contributed by atoms with Crippen LogP contribution in [0.1, 0.15) is 51.0 Å². The van der Waals surface area contributed by atoms with Crippen molar-refractivity contribution in [2.24, 2.45) is 11.8 Å². The molecule has 1 aromatic rings. The first-order chi connectivity index (χ1) is 9.43. The third-order valence-corrected chi connectivity index (χ3v) is 4.27. The summed E-state index contributed by atoms with van der Waals surface area (Å²) in [6, 6.07) is 0. The van der Waals surface area contributed by atoms with Crippen molar-refractivity contribution in [1.82, 2.24) is 4.98 Å². The molecule has 0 aliphatic carbocycles. The quantitative estimate of drug-likeness (QED) is 0.498. The second kappa shape index (κ2) is 8.63. The van der Waals surface area contributed by atoms with Gasteiger partial charge < -0.3 is 4.90 Å². The van der Waals surface area contributed by atoms with Crippen LogP contribution in [-0.4, -0.2) is 29.7 Å². The van der Waals surface area contributed by atoms with Crippen LogP contribution in [0.2, 0.25) is 0 Å². The maximum absolute atomic E-state index is 11.6. The van der Waals surface area contributed by atoms with E-state index in [1.165, 1.54) is 0 Å². The summed E-state index contributed by atoms with van der Waals surface area (Å²) in [4.78, 5) is 18.3. The highest BCUT2D eigenvalue weighted by Crippen LogP contribution is 2.23. The molecule has 1 rings (SSSR count). The number of carbonyl (C=O) groups excluding carboxylic acids is 1. The van der Waals surface area contributed by atoms with Gasteiger partial charge in [0.2, 0.25) is 0 Å². The predicted molar refractivity (Wildman–Crippen MR) is 88.3 cm³/mol. The first-order valence-electron chi connectivity index (χ1n) is 7.23. The molecule has 0 aliphatic heterocycles. The minimum Gasteiger partial charge on any atom is -0.348 e. The van der Waals surface area contributed by atoms with Crippen LogP contribution in [0.25, 0.3) is 0 Å². The number of ketones is 1. The van der Waals surface area contributed by atoms with Crippen molar-refractivity contribution in [2.75, 3.05) is 23.9 Å². The zero-order chi connectivity index (χ0) is 15.1. The molecule has 0 unspecified atom stereocenters. The van der Waals surface area contributed by atoms with Crippen LogP contribution in [0.3, 0.4) is 0 Å². The number of aromatic nitrogens is 1. The Kier molecular flexibility index (Phi) is 7.52. The second-order valence-corrected chi connectivity index (χ2v) is 7.03. The summed E-state index contributed by atoms with van der Waals surface area (Å²) in [5, 5.41) is 2.76. The van der Waals surface area contributed by atoms with E-state index < -0.39 is 0 Å². The average molecular weight is 317 g/mol. The normalized spacial score (nSPS) is 11.3. The van der Waals surface area contributed by atoms with E-state index in [0.717, 1.165) is 31.1 Å². The molecule has 3 nitrogen and oxygen atoms in total.